The molecule has 1 N–H and O–H groups in total. The van der Waals surface area contributed by atoms with Crippen LogP contribution in [0.2, 0.25) is 0 Å². The molecule has 0 radical (unpaired) electrons. The number of carbonyl (C=O) groups excluding carboxylic acids is 2. The minimum Gasteiger partial charge on any atom is -0.507 e. The van der Waals surface area contributed by atoms with Crippen molar-refractivity contribution in [2.24, 2.45) is 0 Å². The van der Waals surface area contributed by atoms with Crippen LogP contribution in [0.1, 0.15) is 22.9 Å². The van der Waals surface area contributed by atoms with Crippen LogP contribution in [-0.4, -0.2) is 34.1 Å². The Hall–Kier alpha value is -4.48. The van der Waals surface area contributed by atoms with Crippen molar-refractivity contribution in [1.82, 2.24) is 10.2 Å². The third kappa shape index (κ3) is 4.52. The zero-order chi connectivity index (χ0) is 27.8. The molecule has 0 aliphatic carbocycles. The molecule has 1 aliphatic rings. The lowest BCUT2D eigenvalue weighted by molar-refractivity contribution is -0.132. The Morgan fingerprint density at radius 2 is 1.93 bits per heavy atom. The molecule has 0 bridgehead atoms. The van der Waals surface area contributed by atoms with Crippen molar-refractivity contribution < 1.29 is 28.2 Å². The van der Waals surface area contributed by atoms with E-state index in [1.807, 2.05) is 18.2 Å². The first-order valence-corrected chi connectivity index (χ1v) is 13.9. The Labute approximate surface area is 235 Å². The van der Waals surface area contributed by atoms with E-state index in [0.29, 0.717) is 10.1 Å². The summed E-state index contributed by atoms with van der Waals surface area (Å²) in [6.45, 7) is 0. The standard InChI is InChI=1S/C29H20FN3O5S2/c1-37-21-12-11-17(14-20(21)30)25(34)23-24(22-10-5-13-38-22)33(27(36)26(23)35)28-31-32-29(40-28)39-15-18-8-4-7-16-6-2-3-9-19(16)18/h2-14,24,34H,15H2,1H3/t24-/m0/s1. The molecule has 6 rings (SSSR count). The smallest absolute Gasteiger partial charge is 0.302 e. The first-order chi connectivity index (χ1) is 19.5. The van der Waals surface area contributed by atoms with E-state index >= 15 is 0 Å². The van der Waals surface area contributed by atoms with Gasteiger partial charge in [0.2, 0.25) is 5.13 Å². The van der Waals surface area contributed by atoms with Gasteiger partial charge in [-0.1, -0.05) is 65.6 Å². The van der Waals surface area contributed by atoms with E-state index in [9.17, 15) is 19.1 Å². The topological polar surface area (TPSA) is 106 Å². The number of thioether (sulfide) groups is 1. The number of methoxy groups -OCH3 is 1. The lowest BCUT2D eigenvalue weighted by Gasteiger charge is -2.20. The van der Waals surface area contributed by atoms with Gasteiger partial charge >= 0.3 is 5.91 Å². The average Bonchev–Trinajstić information content (AvgIpc) is 3.72. The molecule has 8 nitrogen and oxygen atoms in total. The molecule has 200 valence electrons. The number of rotatable bonds is 7. The van der Waals surface area contributed by atoms with Crippen molar-refractivity contribution in [3.63, 3.8) is 0 Å². The normalized spacial score (nSPS) is 16.6. The second-order valence-electron chi connectivity index (χ2n) is 8.81. The van der Waals surface area contributed by atoms with Crippen molar-refractivity contribution in [3.8, 4) is 5.75 Å². The summed E-state index contributed by atoms with van der Waals surface area (Å²) in [6, 6.07) is 20.0. The van der Waals surface area contributed by atoms with Crippen LogP contribution in [0.25, 0.3) is 16.5 Å². The molecule has 0 saturated carbocycles. The molecule has 0 unspecified atom stereocenters. The second-order valence-corrected chi connectivity index (χ2v) is 11.0. The molecule has 1 fully saturated rings. The number of hydrogen-bond donors (Lipinski definition) is 1. The number of ether oxygens (including phenoxy) is 1. The summed E-state index contributed by atoms with van der Waals surface area (Å²) in [4.78, 5) is 27.7. The fourth-order valence-corrected chi connectivity index (χ4v) is 6.50. The highest BCUT2D eigenvalue weighted by Gasteiger charge is 2.49. The Balaban J connectivity index is 1.34. The van der Waals surface area contributed by atoms with Crippen LogP contribution in [0.5, 0.6) is 5.75 Å². The van der Waals surface area contributed by atoms with E-state index in [1.54, 1.807) is 12.1 Å². The Morgan fingerprint density at radius 3 is 2.70 bits per heavy atom. The van der Waals surface area contributed by atoms with Crippen LogP contribution < -0.4 is 9.64 Å². The lowest BCUT2D eigenvalue weighted by atomic mass is 9.99. The van der Waals surface area contributed by atoms with Crippen molar-refractivity contribution in [3.05, 3.63) is 107 Å². The number of carbonyl (C=O) groups is 2. The quantitative estimate of drug-likeness (QED) is 0.0790. The lowest BCUT2D eigenvalue weighted by Crippen LogP contribution is -2.29. The average molecular weight is 574 g/mol. The van der Waals surface area contributed by atoms with Crippen LogP contribution in [0.15, 0.2) is 93.4 Å². The number of aliphatic hydroxyl groups is 1. The molecule has 1 saturated heterocycles. The zero-order valence-electron chi connectivity index (χ0n) is 20.9. The highest BCUT2D eigenvalue weighted by atomic mass is 32.2. The van der Waals surface area contributed by atoms with E-state index in [2.05, 4.69) is 34.5 Å². The van der Waals surface area contributed by atoms with Crippen LogP contribution >= 0.6 is 23.1 Å². The van der Waals surface area contributed by atoms with Crippen LogP contribution in [0.3, 0.4) is 0 Å². The minimum absolute atomic E-state index is 0.0106. The molecule has 11 heteroatoms. The Kier molecular flexibility index (Phi) is 6.82. The number of ketones is 1. The number of nitrogens with zero attached hydrogens (tertiary/aromatic N) is 3. The van der Waals surface area contributed by atoms with E-state index in [1.165, 1.54) is 37.3 Å². The monoisotopic (exact) mass is 573 g/mol. The predicted octanol–water partition coefficient (Wildman–Crippen LogP) is 6.35. The number of fused-ring (bicyclic) bond motifs is 1. The molecule has 1 aliphatic heterocycles. The van der Waals surface area contributed by atoms with Gasteiger partial charge in [-0.15, -0.1) is 10.2 Å². The fourth-order valence-electron chi connectivity index (χ4n) is 4.63. The molecule has 5 aromatic rings. The summed E-state index contributed by atoms with van der Waals surface area (Å²) >= 11 is 2.61. The molecule has 1 atom stereocenters. The number of benzene rings is 3. The van der Waals surface area contributed by atoms with Gasteiger partial charge in [-0.2, -0.15) is 0 Å². The van der Waals surface area contributed by atoms with Crippen molar-refractivity contribution >= 4 is 56.5 Å². The van der Waals surface area contributed by atoms with E-state index in [-0.39, 0.29) is 27.8 Å². The fraction of sp³-hybridized carbons (Fsp3) is 0.103. The van der Waals surface area contributed by atoms with E-state index < -0.39 is 29.3 Å². The number of halogens is 1. The largest absolute Gasteiger partial charge is 0.507 e. The van der Waals surface area contributed by atoms with Gasteiger partial charge in [0.15, 0.2) is 15.9 Å². The van der Waals surface area contributed by atoms with Gasteiger partial charge in [0.25, 0.3) is 5.78 Å². The predicted molar refractivity (Wildman–Crippen MR) is 150 cm³/mol. The molecule has 0 spiro atoms. The maximum atomic E-state index is 14.4. The summed E-state index contributed by atoms with van der Waals surface area (Å²) in [5, 5.41) is 22.0. The number of amides is 1. The number of furan rings is 1. The van der Waals surface area contributed by atoms with E-state index in [4.69, 9.17) is 9.15 Å². The number of aromatic nitrogens is 2. The first kappa shape index (κ1) is 25.8. The molecule has 2 aromatic heterocycles. The van der Waals surface area contributed by atoms with Gasteiger partial charge in [-0.05, 0) is 46.7 Å². The summed E-state index contributed by atoms with van der Waals surface area (Å²) in [5.41, 5.74) is 0.892. The van der Waals surface area contributed by atoms with Gasteiger partial charge in [0.05, 0.1) is 18.9 Å². The van der Waals surface area contributed by atoms with Crippen LogP contribution in [0, 0.1) is 5.82 Å². The molecule has 3 aromatic carbocycles. The molecule has 1 amide bonds. The number of hydrogen-bond acceptors (Lipinski definition) is 9. The number of Topliss-reactive ketones (excluding diaryl/α,β-unsaturated/α-hetero) is 1. The summed E-state index contributed by atoms with van der Waals surface area (Å²) in [7, 11) is 1.32. The number of aliphatic hydroxyl groups excluding tert-OH is 1. The third-order valence-electron chi connectivity index (χ3n) is 6.52. The van der Waals surface area contributed by atoms with Crippen LogP contribution in [-0.2, 0) is 15.3 Å². The summed E-state index contributed by atoms with van der Waals surface area (Å²) in [5.74, 6) is -2.29. The number of anilines is 1. The second kappa shape index (κ2) is 10.6. The molecular formula is C29H20FN3O5S2. The molecule has 40 heavy (non-hydrogen) atoms. The molecule has 3 heterocycles. The zero-order valence-corrected chi connectivity index (χ0v) is 22.5. The van der Waals surface area contributed by atoms with E-state index in [0.717, 1.165) is 38.6 Å². The maximum absolute atomic E-state index is 14.4. The third-order valence-corrected chi connectivity index (χ3v) is 8.62. The van der Waals surface area contributed by atoms with Crippen molar-refractivity contribution in [1.29, 1.82) is 0 Å². The highest BCUT2D eigenvalue weighted by molar-refractivity contribution is 8.00. The van der Waals surface area contributed by atoms with Gasteiger partial charge in [-0.25, -0.2) is 4.39 Å². The Morgan fingerprint density at radius 1 is 1.10 bits per heavy atom. The SMILES string of the molecule is COc1ccc(C(O)=C2C(=O)C(=O)N(c3nnc(SCc4cccc5ccccc45)s3)[C@H]2c2ccco2)cc1F. The minimum atomic E-state index is -1.12. The van der Waals surface area contributed by atoms with Crippen molar-refractivity contribution in [2.75, 3.05) is 12.0 Å². The highest BCUT2D eigenvalue weighted by Crippen LogP contribution is 2.44. The van der Waals surface area contributed by atoms with Crippen molar-refractivity contribution in [2.45, 2.75) is 16.1 Å². The van der Waals surface area contributed by atoms with Gasteiger partial charge in [0.1, 0.15) is 17.6 Å². The van der Waals surface area contributed by atoms with Gasteiger partial charge in [-0.3, -0.25) is 14.5 Å². The van der Waals surface area contributed by atoms with Crippen LogP contribution in [0.4, 0.5) is 9.52 Å². The van der Waals surface area contributed by atoms with Gasteiger partial charge in [0, 0.05) is 11.3 Å². The maximum Gasteiger partial charge on any atom is 0.302 e. The summed E-state index contributed by atoms with van der Waals surface area (Å²) in [6.07, 6.45) is 1.40. The van der Waals surface area contributed by atoms with Gasteiger partial charge < -0.3 is 14.3 Å². The first-order valence-electron chi connectivity index (χ1n) is 12.1. The summed E-state index contributed by atoms with van der Waals surface area (Å²) < 4.78 is 25.5. The Bertz CT molecular complexity index is 1780. The molecular weight excluding hydrogens is 553 g/mol.